The van der Waals surface area contributed by atoms with Crippen molar-refractivity contribution in [3.8, 4) is 0 Å². The molecule has 0 amide bonds. The molecule has 0 spiro atoms. The molecule has 138 valence electrons. The lowest BCUT2D eigenvalue weighted by atomic mass is 10.2. The zero-order valence-corrected chi connectivity index (χ0v) is 14.8. The van der Waals surface area contributed by atoms with Crippen LogP contribution in [0.25, 0.3) is 0 Å². The van der Waals surface area contributed by atoms with Gasteiger partial charge in [0.05, 0.1) is 6.61 Å². The van der Waals surface area contributed by atoms with E-state index in [1.807, 2.05) is 4.90 Å². The average Bonchev–Trinajstić information content (AvgIpc) is 3.14. The third-order valence-electron chi connectivity index (χ3n) is 4.23. The van der Waals surface area contributed by atoms with E-state index in [-0.39, 0.29) is 13.0 Å². The van der Waals surface area contributed by atoms with Crippen LogP contribution in [0.5, 0.6) is 0 Å². The summed E-state index contributed by atoms with van der Waals surface area (Å²) < 4.78 is 31.9. The number of nitrogens with one attached hydrogen (secondary N) is 2. The van der Waals surface area contributed by atoms with Gasteiger partial charge in [0.2, 0.25) is 16.0 Å². The van der Waals surface area contributed by atoms with E-state index in [1.54, 1.807) is 25.4 Å². The molecule has 25 heavy (non-hydrogen) atoms. The lowest BCUT2D eigenvalue weighted by Crippen LogP contribution is -2.53. The van der Waals surface area contributed by atoms with E-state index in [1.165, 1.54) is 4.31 Å². The Morgan fingerprint density at radius 3 is 2.56 bits per heavy atom. The molecule has 2 aliphatic heterocycles. The predicted molar refractivity (Wildman–Crippen MR) is 89.8 cm³/mol. The molecule has 2 unspecified atom stereocenters. The third-order valence-corrected chi connectivity index (χ3v) is 6.35. The van der Waals surface area contributed by atoms with Crippen molar-refractivity contribution in [3.63, 3.8) is 0 Å². The second-order valence-corrected chi connectivity index (χ2v) is 7.91. The number of hydrogen-bond donors (Lipinski definition) is 2. The summed E-state index contributed by atoms with van der Waals surface area (Å²) in [7, 11) is -3.56. The molecule has 10 nitrogen and oxygen atoms in total. The number of nitrogens with zero attached hydrogens (tertiary/aromatic N) is 4. The molecule has 1 aromatic rings. The van der Waals surface area contributed by atoms with Gasteiger partial charge in [0.25, 0.3) is 0 Å². The van der Waals surface area contributed by atoms with Gasteiger partial charge in [0, 0.05) is 45.0 Å². The molecule has 0 radical (unpaired) electrons. The monoisotopic (exact) mass is 370 g/mol. The summed E-state index contributed by atoms with van der Waals surface area (Å²) in [5.74, 6) is 0.154. The van der Waals surface area contributed by atoms with Gasteiger partial charge in [-0.05, 0) is 13.0 Å². The molecule has 3 heterocycles. The summed E-state index contributed by atoms with van der Waals surface area (Å²) in [6.45, 7) is 3.71. The maximum atomic E-state index is 12.8. The van der Waals surface area contributed by atoms with Gasteiger partial charge in [-0.1, -0.05) is 0 Å². The van der Waals surface area contributed by atoms with Gasteiger partial charge in [-0.25, -0.2) is 29.2 Å². The third kappa shape index (κ3) is 3.89. The first-order valence-corrected chi connectivity index (χ1v) is 9.71. The van der Waals surface area contributed by atoms with E-state index >= 15 is 0 Å². The minimum Gasteiger partial charge on any atom is -0.465 e. The number of aromatic nitrogens is 2. The molecule has 11 heteroatoms. The number of sulfonamides is 1. The number of anilines is 1. The van der Waals surface area contributed by atoms with Crippen LogP contribution in [0, 0.1) is 0 Å². The molecule has 0 bridgehead atoms. The Morgan fingerprint density at radius 2 is 1.92 bits per heavy atom. The Labute approximate surface area is 146 Å². The standard InChI is InChI=1S/C14H22N6O4S/c1-2-24-13(21)11-10-12(18-17-11)25(22,23)20-8-6-19(7-9-20)14-15-4-3-5-16-14/h3-5,11-12,17-18H,2,6-10H2,1H3. The molecular weight excluding hydrogens is 348 g/mol. The molecule has 2 N–H and O–H groups in total. The average molecular weight is 370 g/mol. The predicted octanol–water partition coefficient (Wildman–Crippen LogP) is -1.32. The second kappa shape index (κ2) is 7.60. The van der Waals surface area contributed by atoms with Gasteiger partial charge < -0.3 is 9.64 Å². The van der Waals surface area contributed by atoms with Crippen molar-refractivity contribution in [2.24, 2.45) is 0 Å². The largest absolute Gasteiger partial charge is 0.465 e. The van der Waals surface area contributed by atoms with E-state index in [9.17, 15) is 13.2 Å². The summed E-state index contributed by atoms with van der Waals surface area (Å²) in [4.78, 5) is 22.1. The molecule has 0 aliphatic carbocycles. The van der Waals surface area contributed by atoms with Gasteiger partial charge in [0.15, 0.2) is 0 Å². The Morgan fingerprint density at radius 1 is 1.24 bits per heavy atom. The summed E-state index contributed by atoms with van der Waals surface area (Å²) in [6, 6.07) is 1.09. The van der Waals surface area contributed by atoms with Crippen LogP contribution in [0.4, 0.5) is 5.95 Å². The lowest BCUT2D eigenvalue weighted by Gasteiger charge is -2.35. The maximum Gasteiger partial charge on any atom is 0.324 e. The zero-order chi connectivity index (χ0) is 17.9. The Balaban J connectivity index is 1.58. The van der Waals surface area contributed by atoms with E-state index in [0.29, 0.717) is 32.1 Å². The number of rotatable bonds is 5. The first kappa shape index (κ1) is 18.0. The van der Waals surface area contributed by atoms with Crippen molar-refractivity contribution >= 4 is 21.9 Å². The van der Waals surface area contributed by atoms with E-state index in [2.05, 4.69) is 20.8 Å². The highest BCUT2D eigenvalue weighted by Crippen LogP contribution is 2.19. The van der Waals surface area contributed by atoms with Crippen LogP contribution < -0.4 is 15.8 Å². The Kier molecular flexibility index (Phi) is 5.47. The van der Waals surface area contributed by atoms with Crippen LogP contribution in [-0.2, 0) is 19.6 Å². The van der Waals surface area contributed by atoms with Crippen LogP contribution in [-0.4, -0.2) is 72.9 Å². The highest BCUT2D eigenvalue weighted by Gasteiger charge is 2.41. The van der Waals surface area contributed by atoms with Gasteiger partial charge in [0.1, 0.15) is 11.4 Å². The molecule has 0 aromatic carbocycles. The zero-order valence-electron chi connectivity index (χ0n) is 14.0. The lowest BCUT2D eigenvalue weighted by molar-refractivity contribution is -0.145. The maximum absolute atomic E-state index is 12.8. The van der Waals surface area contributed by atoms with Gasteiger partial charge in [-0.3, -0.25) is 4.79 Å². The van der Waals surface area contributed by atoms with Crippen LogP contribution in [0.3, 0.4) is 0 Å². The minimum atomic E-state index is -3.56. The molecule has 2 atom stereocenters. The smallest absolute Gasteiger partial charge is 0.324 e. The minimum absolute atomic E-state index is 0.142. The topological polar surface area (TPSA) is 117 Å². The number of hydrazine groups is 1. The van der Waals surface area contributed by atoms with E-state index < -0.39 is 27.4 Å². The quantitative estimate of drug-likeness (QED) is 0.609. The SMILES string of the molecule is CCOC(=O)C1CC(S(=O)(=O)N2CCN(c3ncccn3)CC2)NN1. The number of ether oxygens (including phenoxy) is 1. The van der Waals surface area contributed by atoms with Crippen LogP contribution in [0.15, 0.2) is 18.5 Å². The van der Waals surface area contributed by atoms with Crippen molar-refractivity contribution in [1.29, 1.82) is 0 Å². The fourth-order valence-electron chi connectivity index (χ4n) is 2.90. The van der Waals surface area contributed by atoms with Gasteiger partial charge in [-0.2, -0.15) is 4.31 Å². The Bertz CT molecular complexity index is 693. The molecule has 1 aromatic heterocycles. The summed E-state index contributed by atoms with van der Waals surface area (Å²) in [5, 5.41) is -0.846. The van der Waals surface area contributed by atoms with Crippen molar-refractivity contribution in [3.05, 3.63) is 18.5 Å². The van der Waals surface area contributed by atoms with Crippen LogP contribution in [0.1, 0.15) is 13.3 Å². The van der Waals surface area contributed by atoms with Crippen molar-refractivity contribution in [1.82, 2.24) is 25.1 Å². The molecule has 2 aliphatic rings. The van der Waals surface area contributed by atoms with Crippen LogP contribution >= 0.6 is 0 Å². The summed E-state index contributed by atoms with van der Waals surface area (Å²) >= 11 is 0. The Hall–Kier alpha value is -1.82. The molecular formula is C14H22N6O4S. The highest BCUT2D eigenvalue weighted by atomic mass is 32.2. The first-order valence-electron chi connectivity index (χ1n) is 8.21. The number of piperazine rings is 1. The molecule has 2 saturated heterocycles. The van der Waals surface area contributed by atoms with Gasteiger partial charge in [-0.15, -0.1) is 0 Å². The first-order chi connectivity index (χ1) is 12.0. The summed E-state index contributed by atoms with van der Waals surface area (Å²) in [5.41, 5.74) is 5.42. The normalized spacial score (nSPS) is 25.1. The molecule has 0 saturated carbocycles. The van der Waals surface area contributed by atoms with Gasteiger partial charge >= 0.3 is 5.97 Å². The number of esters is 1. The second-order valence-electron chi connectivity index (χ2n) is 5.80. The molecule has 2 fully saturated rings. The van der Waals surface area contributed by atoms with E-state index in [0.717, 1.165) is 0 Å². The van der Waals surface area contributed by atoms with Crippen molar-refractivity contribution in [2.45, 2.75) is 24.8 Å². The number of carbonyl (C=O) groups excluding carboxylic acids is 1. The highest BCUT2D eigenvalue weighted by molar-refractivity contribution is 7.89. The fourth-order valence-corrected chi connectivity index (χ4v) is 4.58. The van der Waals surface area contributed by atoms with Crippen LogP contribution in [0.2, 0.25) is 0 Å². The number of hydrogen-bond acceptors (Lipinski definition) is 9. The number of carbonyl (C=O) groups is 1. The summed E-state index contributed by atoms with van der Waals surface area (Å²) in [6.07, 6.45) is 3.47. The molecule has 3 rings (SSSR count). The fraction of sp³-hybridized carbons (Fsp3) is 0.643. The van der Waals surface area contributed by atoms with Crippen molar-refractivity contribution < 1.29 is 17.9 Å². The van der Waals surface area contributed by atoms with E-state index in [4.69, 9.17) is 4.74 Å². The van der Waals surface area contributed by atoms with Crippen molar-refractivity contribution in [2.75, 3.05) is 37.7 Å².